The fourth-order valence-electron chi connectivity index (χ4n) is 11.2. The Balaban J connectivity index is 1.18. The van der Waals surface area contributed by atoms with Crippen molar-refractivity contribution in [2.75, 3.05) is 0 Å². The second kappa shape index (κ2) is 15.3. The molecule has 5 heteroatoms. The minimum absolute atomic E-state index is 0.0286. The molecule has 4 aromatic heterocycles. The van der Waals surface area contributed by atoms with Crippen molar-refractivity contribution in [2.24, 2.45) is 28.1 Å². The maximum Gasteiger partial charge on any atom is 0.227 e. The molecule has 0 bridgehead atoms. The molecule has 0 radical (unpaired) electrons. The Bertz CT molecular complexity index is 3170. The Morgan fingerprint density at radius 1 is 0.738 bits per heavy atom. The molecule has 2 aliphatic carbocycles. The molecule has 314 valence electrons. The van der Waals surface area contributed by atoms with Crippen LogP contribution in [-0.4, -0.2) is 15.0 Å². The number of hydrogen-bond acceptors (Lipinski definition) is 5. The lowest BCUT2D eigenvalue weighted by molar-refractivity contribution is -0.0280. The van der Waals surface area contributed by atoms with Crippen molar-refractivity contribution in [1.82, 2.24) is 15.0 Å². The summed E-state index contributed by atoms with van der Waals surface area (Å²) in [6, 6.07) is 23.0. The highest BCUT2D eigenvalue weighted by Gasteiger charge is 2.48. The molecule has 3 aromatic carbocycles. The van der Waals surface area contributed by atoms with E-state index in [4.69, 9.17) is 31.5 Å². The Labute approximate surface area is 377 Å². The summed E-state index contributed by atoms with van der Waals surface area (Å²) in [5.41, 5.74) is 5.80. The van der Waals surface area contributed by atoms with Crippen LogP contribution in [0.15, 0.2) is 95.7 Å². The quantitative estimate of drug-likeness (QED) is 0.160. The van der Waals surface area contributed by atoms with Gasteiger partial charge >= 0.3 is 0 Å². The van der Waals surface area contributed by atoms with E-state index in [1.807, 2.05) is 37.4 Å². The lowest BCUT2D eigenvalue weighted by Gasteiger charge is -2.54. The van der Waals surface area contributed by atoms with Gasteiger partial charge in [0.2, 0.25) is 5.71 Å². The third kappa shape index (κ3) is 7.90. The molecule has 3 atom stereocenters. The maximum absolute atomic E-state index is 10.1. The van der Waals surface area contributed by atoms with Gasteiger partial charge in [-0.25, -0.2) is 4.98 Å². The van der Waals surface area contributed by atoms with E-state index in [0.29, 0.717) is 50.5 Å². The van der Waals surface area contributed by atoms with Gasteiger partial charge in [-0.15, -0.1) is 0 Å². The standard InChI is InChI=1S/C56H63N3O2/c1-33-21-49(57-30-35(33)3)40-22-46(39-15-13-12-14-16-39)38(6)51(23-40)60-42-24-47-44-18-17-37(5)59-53(44)61-52(47)48(25-42)50-26-45(36(4)31-58-50)43-19-20-56(11,27-34(43)2)41-28-54(7,8)32-55(9,10)29-41/h12-18,21-26,30-31,34,41,43H,19-20,27-29,32H2,1-11H3/i1D3,3D3,6D3,41D. The highest BCUT2D eigenvalue weighted by molar-refractivity contribution is 6.09. The predicted octanol–water partition coefficient (Wildman–Crippen LogP) is 15.9. The molecule has 0 saturated heterocycles. The summed E-state index contributed by atoms with van der Waals surface area (Å²) in [5.74, 6) is 0.251. The third-order valence-electron chi connectivity index (χ3n) is 13.6. The van der Waals surface area contributed by atoms with Gasteiger partial charge in [0.25, 0.3) is 0 Å². The average Bonchev–Trinajstić information content (AvgIpc) is 3.61. The summed E-state index contributed by atoms with van der Waals surface area (Å²) in [5, 5.41) is 1.41. The molecule has 0 aliphatic heterocycles. The fourth-order valence-corrected chi connectivity index (χ4v) is 11.2. The lowest BCUT2D eigenvalue weighted by Crippen LogP contribution is -2.44. The number of benzene rings is 3. The molecule has 2 fully saturated rings. The first-order chi connectivity index (χ1) is 32.9. The highest BCUT2D eigenvalue weighted by Crippen LogP contribution is 2.59. The second-order valence-corrected chi connectivity index (χ2v) is 20.0. The van der Waals surface area contributed by atoms with Gasteiger partial charge in [-0.05, 0) is 194 Å². The van der Waals surface area contributed by atoms with Crippen molar-refractivity contribution in [3.8, 4) is 45.1 Å². The second-order valence-electron chi connectivity index (χ2n) is 20.0. The smallest absolute Gasteiger partial charge is 0.227 e. The molecule has 9 rings (SSSR count). The first-order valence-corrected chi connectivity index (χ1v) is 21.7. The molecular weight excluding hydrogens is 747 g/mol. The zero-order valence-electron chi connectivity index (χ0n) is 46.7. The monoisotopic (exact) mass is 820 g/mol. The third-order valence-corrected chi connectivity index (χ3v) is 13.6. The topological polar surface area (TPSA) is 61.0 Å². The number of ether oxygens (including phenoxy) is 1. The minimum atomic E-state index is -2.79. The Hall–Kier alpha value is -5.29. The summed E-state index contributed by atoms with van der Waals surface area (Å²) in [4.78, 5) is 14.2. The zero-order valence-corrected chi connectivity index (χ0v) is 36.7. The normalized spacial score (nSPS) is 25.1. The van der Waals surface area contributed by atoms with E-state index in [2.05, 4.69) is 59.5 Å². The molecule has 4 heterocycles. The molecule has 0 N–H and O–H groups in total. The molecular formula is C56H63N3O2. The van der Waals surface area contributed by atoms with Crippen LogP contribution in [0.5, 0.6) is 11.5 Å². The van der Waals surface area contributed by atoms with E-state index in [-0.39, 0.29) is 50.5 Å². The molecule has 5 nitrogen and oxygen atoms in total. The van der Waals surface area contributed by atoms with Gasteiger partial charge in [0.05, 0.1) is 11.4 Å². The van der Waals surface area contributed by atoms with Gasteiger partial charge in [0.15, 0.2) is 0 Å². The van der Waals surface area contributed by atoms with Crippen LogP contribution in [0, 0.1) is 62.5 Å². The van der Waals surface area contributed by atoms with Crippen LogP contribution in [0.3, 0.4) is 0 Å². The van der Waals surface area contributed by atoms with Gasteiger partial charge in [-0.2, -0.15) is 0 Å². The van der Waals surface area contributed by atoms with E-state index in [1.54, 1.807) is 36.4 Å². The largest absolute Gasteiger partial charge is 0.457 e. The number of aryl methyl sites for hydroxylation is 4. The predicted molar refractivity (Wildman–Crippen MR) is 252 cm³/mol. The van der Waals surface area contributed by atoms with Crippen LogP contribution >= 0.6 is 0 Å². The Morgan fingerprint density at radius 3 is 2.23 bits per heavy atom. The summed E-state index contributed by atoms with van der Waals surface area (Å²) >= 11 is 0. The summed E-state index contributed by atoms with van der Waals surface area (Å²) in [6.45, 7) is 9.80. The number of fused-ring (bicyclic) bond motifs is 3. The summed E-state index contributed by atoms with van der Waals surface area (Å²) in [6.07, 6.45) is 8.71. The number of hydrogen-bond donors (Lipinski definition) is 0. The molecule has 2 saturated carbocycles. The first kappa shape index (κ1) is 30.7. The Morgan fingerprint density at radius 2 is 1.49 bits per heavy atom. The van der Waals surface area contributed by atoms with E-state index in [9.17, 15) is 1.37 Å². The summed E-state index contributed by atoms with van der Waals surface area (Å²) in [7, 11) is 0. The van der Waals surface area contributed by atoms with Crippen molar-refractivity contribution >= 4 is 22.1 Å². The number of pyridine rings is 3. The molecule has 0 amide bonds. The van der Waals surface area contributed by atoms with Crippen molar-refractivity contribution in [2.45, 2.75) is 120 Å². The molecule has 7 aromatic rings. The number of aromatic nitrogens is 3. The van der Waals surface area contributed by atoms with E-state index in [0.717, 1.165) is 61.4 Å². The highest BCUT2D eigenvalue weighted by atomic mass is 16.5. The van der Waals surface area contributed by atoms with Gasteiger partial charge < -0.3 is 9.15 Å². The van der Waals surface area contributed by atoms with Crippen LogP contribution in [0.25, 0.3) is 55.7 Å². The van der Waals surface area contributed by atoms with Gasteiger partial charge in [-0.3, -0.25) is 9.97 Å². The van der Waals surface area contributed by atoms with Crippen molar-refractivity contribution in [1.29, 1.82) is 0 Å². The zero-order chi connectivity index (χ0) is 51.4. The molecule has 61 heavy (non-hydrogen) atoms. The van der Waals surface area contributed by atoms with E-state index in [1.165, 1.54) is 17.7 Å². The van der Waals surface area contributed by atoms with Crippen molar-refractivity contribution in [3.63, 3.8) is 0 Å². The van der Waals surface area contributed by atoms with Gasteiger partial charge in [0.1, 0.15) is 17.1 Å². The van der Waals surface area contributed by atoms with Crippen molar-refractivity contribution in [3.05, 3.63) is 125 Å². The number of rotatable bonds is 7. The molecule has 2 aliphatic rings. The first-order valence-electron chi connectivity index (χ1n) is 26.7. The number of nitrogens with zero attached hydrogens (tertiary/aromatic N) is 3. The van der Waals surface area contributed by atoms with Crippen LogP contribution in [0.1, 0.15) is 133 Å². The van der Waals surface area contributed by atoms with E-state index >= 15 is 0 Å². The van der Waals surface area contributed by atoms with Crippen LogP contribution < -0.4 is 4.74 Å². The van der Waals surface area contributed by atoms with Crippen molar-refractivity contribution < 1.29 is 22.9 Å². The lowest BCUT2D eigenvalue weighted by atomic mass is 9.51. The summed E-state index contributed by atoms with van der Waals surface area (Å²) < 4.78 is 99.2. The number of furan rings is 1. The van der Waals surface area contributed by atoms with E-state index < -0.39 is 32.0 Å². The molecule has 0 spiro atoms. The fraction of sp³-hybridized carbons (Fsp3) is 0.411. The van der Waals surface area contributed by atoms with Crippen LogP contribution in [-0.2, 0) is 0 Å². The van der Waals surface area contributed by atoms with Crippen LogP contribution in [0.4, 0.5) is 0 Å². The van der Waals surface area contributed by atoms with Crippen LogP contribution in [0.2, 0.25) is 0 Å². The maximum atomic E-state index is 10.1. The Kier molecular flexibility index (Phi) is 7.68. The van der Waals surface area contributed by atoms with Gasteiger partial charge in [0, 0.05) is 53.7 Å². The minimum Gasteiger partial charge on any atom is -0.457 e. The van der Waals surface area contributed by atoms with Gasteiger partial charge in [-0.1, -0.05) is 71.9 Å². The molecule has 3 unspecified atom stereocenters. The SMILES string of the molecule is [2H]C([2H])([2H])c1cnc(-c2cc(Oc3cc(-c4cc(C5CCC(C)(C6([2H])CC(C)(C)CC(C)(C)C6)CC5C)c(C)cn4)c4oc5nc(C)ccc5c4c3)c(C([2H])([2H])[2H])c(-c3ccccc3)c2)cc1C([2H])([2H])[2H]. The average molecular weight is 820 g/mol.